The van der Waals surface area contributed by atoms with Gasteiger partial charge in [-0.1, -0.05) is 6.07 Å². The Morgan fingerprint density at radius 2 is 2.44 bits per heavy atom. The van der Waals surface area contributed by atoms with Gasteiger partial charge >= 0.3 is 6.03 Å². The van der Waals surface area contributed by atoms with Crippen LogP contribution >= 0.6 is 0 Å². The number of anilines is 1. The Labute approximate surface area is 106 Å². The molecule has 2 amide bonds. The smallest absolute Gasteiger partial charge is 0.323 e. The standard InChI is InChI=1S/C12H17N3O3/c1-9-4-3-5-10(13-9)14-12(16)15-6-7-18-11(8-15)17-2/h3-5,11H,6-8H2,1-2H3,(H,13,14,16)/t11-/m1/s1. The zero-order valence-electron chi connectivity index (χ0n) is 10.5. The van der Waals surface area contributed by atoms with Gasteiger partial charge in [-0.3, -0.25) is 5.32 Å². The lowest BCUT2D eigenvalue weighted by molar-refractivity contribution is -0.155. The maximum absolute atomic E-state index is 12.0. The summed E-state index contributed by atoms with van der Waals surface area (Å²) in [5, 5.41) is 2.76. The minimum atomic E-state index is -0.352. The summed E-state index contributed by atoms with van der Waals surface area (Å²) in [5.74, 6) is 0.556. The second kappa shape index (κ2) is 5.79. The van der Waals surface area contributed by atoms with Gasteiger partial charge in [0, 0.05) is 19.3 Å². The number of amides is 2. The van der Waals surface area contributed by atoms with E-state index in [1.807, 2.05) is 19.1 Å². The molecule has 0 unspecified atom stereocenters. The van der Waals surface area contributed by atoms with Crippen LogP contribution in [0.1, 0.15) is 5.69 Å². The predicted octanol–water partition coefficient (Wildman–Crippen LogP) is 1.23. The third kappa shape index (κ3) is 3.18. The van der Waals surface area contributed by atoms with Crippen LogP contribution in [0.5, 0.6) is 0 Å². The molecule has 2 rings (SSSR count). The molecule has 0 spiro atoms. The molecule has 0 aromatic carbocycles. The number of nitrogens with zero attached hydrogens (tertiary/aromatic N) is 2. The highest BCUT2D eigenvalue weighted by molar-refractivity contribution is 5.88. The average Bonchev–Trinajstić information content (AvgIpc) is 2.39. The van der Waals surface area contributed by atoms with Gasteiger partial charge in [0.25, 0.3) is 0 Å². The van der Waals surface area contributed by atoms with Gasteiger partial charge in [-0.05, 0) is 19.1 Å². The Morgan fingerprint density at radius 3 is 3.17 bits per heavy atom. The molecular formula is C12H17N3O3. The second-order valence-electron chi connectivity index (χ2n) is 4.08. The van der Waals surface area contributed by atoms with E-state index in [2.05, 4.69) is 10.3 Å². The molecule has 1 N–H and O–H groups in total. The van der Waals surface area contributed by atoms with Crippen LogP contribution in [-0.4, -0.2) is 49.0 Å². The highest BCUT2D eigenvalue weighted by Gasteiger charge is 2.24. The molecule has 1 fully saturated rings. The number of nitrogens with one attached hydrogen (secondary N) is 1. The highest BCUT2D eigenvalue weighted by atomic mass is 16.7. The van der Waals surface area contributed by atoms with E-state index in [0.29, 0.717) is 25.5 Å². The minimum Gasteiger partial charge on any atom is -0.354 e. The van der Waals surface area contributed by atoms with Gasteiger partial charge in [0.05, 0.1) is 13.2 Å². The molecule has 1 saturated heterocycles. The molecule has 0 aliphatic carbocycles. The molecule has 1 aromatic rings. The van der Waals surface area contributed by atoms with E-state index in [0.717, 1.165) is 5.69 Å². The van der Waals surface area contributed by atoms with Crippen LogP contribution < -0.4 is 5.32 Å². The number of hydrogen-bond acceptors (Lipinski definition) is 4. The van der Waals surface area contributed by atoms with E-state index in [4.69, 9.17) is 9.47 Å². The zero-order valence-corrected chi connectivity index (χ0v) is 10.5. The molecule has 98 valence electrons. The van der Waals surface area contributed by atoms with E-state index in [9.17, 15) is 4.79 Å². The van der Waals surface area contributed by atoms with E-state index in [1.54, 1.807) is 18.1 Å². The third-order valence-electron chi connectivity index (χ3n) is 2.71. The fourth-order valence-electron chi connectivity index (χ4n) is 1.75. The lowest BCUT2D eigenvalue weighted by Crippen LogP contribution is -2.48. The van der Waals surface area contributed by atoms with E-state index < -0.39 is 0 Å². The maximum Gasteiger partial charge on any atom is 0.323 e. The first-order valence-electron chi connectivity index (χ1n) is 5.83. The van der Waals surface area contributed by atoms with Crippen LogP contribution in [0.2, 0.25) is 0 Å². The Balaban J connectivity index is 1.95. The van der Waals surface area contributed by atoms with Crippen molar-refractivity contribution in [2.75, 3.05) is 32.1 Å². The van der Waals surface area contributed by atoms with Crippen molar-refractivity contribution in [1.82, 2.24) is 9.88 Å². The van der Waals surface area contributed by atoms with Crippen LogP contribution in [-0.2, 0) is 9.47 Å². The number of urea groups is 1. The van der Waals surface area contributed by atoms with Gasteiger partial charge in [0.2, 0.25) is 0 Å². The lowest BCUT2D eigenvalue weighted by Gasteiger charge is -2.31. The Morgan fingerprint density at radius 1 is 1.61 bits per heavy atom. The quantitative estimate of drug-likeness (QED) is 0.858. The fourth-order valence-corrected chi connectivity index (χ4v) is 1.75. The average molecular weight is 251 g/mol. The van der Waals surface area contributed by atoms with Crippen molar-refractivity contribution in [3.63, 3.8) is 0 Å². The van der Waals surface area contributed by atoms with Gasteiger partial charge in [0.15, 0.2) is 6.29 Å². The van der Waals surface area contributed by atoms with Crippen LogP contribution in [0.3, 0.4) is 0 Å². The van der Waals surface area contributed by atoms with Crippen molar-refractivity contribution in [3.8, 4) is 0 Å². The number of ether oxygens (including phenoxy) is 2. The van der Waals surface area contributed by atoms with Crippen LogP contribution in [0.25, 0.3) is 0 Å². The lowest BCUT2D eigenvalue weighted by atomic mass is 10.3. The summed E-state index contributed by atoms with van der Waals surface area (Å²) in [6.07, 6.45) is -0.352. The zero-order chi connectivity index (χ0) is 13.0. The first-order valence-corrected chi connectivity index (χ1v) is 5.83. The molecule has 0 radical (unpaired) electrons. The minimum absolute atomic E-state index is 0.182. The number of morpholine rings is 1. The number of methoxy groups -OCH3 is 1. The van der Waals surface area contributed by atoms with Crippen molar-refractivity contribution in [3.05, 3.63) is 23.9 Å². The van der Waals surface area contributed by atoms with Crippen LogP contribution in [0.15, 0.2) is 18.2 Å². The van der Waals surface area contributed by atoms with E-state index in [-0.39, 0.29) is 12.3 Å². The molecule has 1 atom stereocenters. The Bertz CT molecular complexity index is 425. The number of pyridine rings is 1. The summed E-state index contributed by atoms with van der Waals surface area (Å²) in [5.41, 5.74) is 0.865. The van der Waals surface area contributed by atoms with Crippen molar-refractivity contribution in [2.24, 2.45) is 0 Å². The normalized spacial score (nSPS) is 19.7. The Hall–Kier alpha value is -1.66. The number of hydrogen-bond donors (Lipinski definition) is 1. The number of carbonyl (C=O) groups is 1. The largest absolute Gasteiger partial charge is 0.354 e. The van der Waals surface area contributed by atoms with Crippen LogP contribution in [0.4, 0.5) is 10.6 Å². The van der Waals surface area contributed by atoms with Crippen molar-refractivity contribution >= 4 is 11.8 Å². The van der Waals surface area contributed by atoms with Crippen molar-refractivity contribution in [2.45, 2.75) is 13.2 Å². The molecule has 0 saturated carbocycles. The van der Waals surface area contributed by atoms with Crippen molar-refractivity contribution in [1.29, 1.82) is 0 Å². The first kappa shape index (κ1) is 12.8. The number of carbonyl (C=O) groups excluding carboxylic acids is 1. The molecule has 6 nitrogen and oxygen atoms in total. The SMILES string of the molecule is CO[C@H]1CN(C(=O)Nc2cccc(C)n2)CCO1. The number of rotatable bonds is 2. The molecule has 1 aromatic heterocycles. The van der Waals surface area contributed by atoms with E-state index >= 15 is 0 Å². The summed E-state index contributed by atoms with van der Waals surface area (Å²) < 4.78 is 10.4. The van der Waals surface area contributed by atoms with Crippen LogP contribution in [0, 0.1) is 6.92 Å². The monoisotopic (exact) mass is 251 g/mol. The summed E-state index contributed by atoms with van der Waals surface area (Å²) in [7, 11) is 1.56. The molecule has 6 heteroatoms. The van der Waals surface area contributed by atoms with Gasteiger partial charge < -0.3 is 14.4 Å². The molecule has 0 bridgehead atoms. The summed E-state index contributed by atoms with van der Waals surface area (Å²) >= 11 is 0. The van der Waals surface area contributed by atoms with Gasteiger partial charge in [-0.15, -0.1) is 0 Å². The number of aryl methyl sites for hydroxylation is 1. The van der Waals surface area contributed by atoms with Crippen molar-refractivity contribution < 1.29 is 14.3 Å². The highest BCUT2D eigenvalue weighted by Crippen LogP contribution is 2.09. The number of aromatic nitrogens is 1. The molecule has 1 aliphatic rings. The molecular weight excluding hydrogens is 234 g/mol. The second-order valence-corrected chi connectivity index (χ2v) is 4.08. The van der Waals surface area contributed by atoms with Gasteiger partial charge in [0.1, 0.15) is 5.82 Å². The predicted molar refractivity (Wildman–Crippen MR) is 66.3 cm³/mol. The molecule has 18 heavy (non-hydrogen) atoms. The first-order chi connectivity index (χ1) is 8.69. The Kier molecular flexibility index (Phi) is 4.11. The molecule has 1 aliphatic heterocycles. The van der Waals surface area contributed by atoms with Gasteiger partial charge in [-0.2, -0.15) is 0 Å². The molecule has 2 heterocycles. The third-order valence-corrected chi connectivity index (χ3v) is 2.71. The van der Waals surface area contributed by atoms with E-state index in [1.165, 1.54) is 0 Å². The summed E-state index contributed by atoms with van der Waals surface area (Å²) in [6.45, 7) is 3.34. The summed E-state index contributed by atoms with van der Waals surface area (Å²) in [4.78, 5) is 17.9. The fraction of sp³-hybridized carbons (Fsp3) is 0.500. The topological polar surface area (TPSA) is 63.7 Å². The van der Waals surface area contributed by atoms with Gasteiger partial charge in [-0.25, -0.2) is 9.78 Å². The summed E-state index contributed by atoms with van der Waals surface area (Å²) in [6, 6.07) is 5.32. The maximum atomic E-state index is 12.0.